The van der Waals surface area contributed by atoms with Gasteiger partial charge in [-0.15, -0.1) is 0 Å². The number of rotatable bonds is 4. The minimum absolute atomic E-state index is 0.163. The first kappa shape index (κ1) is 25.3. The monoisotopic (exact) mass is 544 g/mol. The van der Waals surface area contributed by atoms with Crippen LogP contribution in [-0.4, -0.2) is 18.2 Å². The zero-order valence-corrected chi connectivity index (χ0v) is 24.1. The Labute approximate surface area is 248 Å². The maximum atomic E-state index is 3.91. The molecule has 4 aromatic carbocycles. The average molecular weight is 545 g/mol. The van der Waals surface area contributed by atoms with Crippen LogP contribution in [0.4, 0.5) is 5.69 Å². The number of hydrogen-bond donors (Lipinski definition) is 1. The predicted molar refractivity (Wildman–Crippen MR) is 180 cm³/mol. The second-order valence-electron chi connectivity index (χ2n) is 12.0. The number of hydrogen-bond acceptors (Lipinski definition) is 2. The summed E-state index contributed by atoms with van der Waals surface area (Å²) < 4.78 is 0. The Hall–Kier alpha value is -4.40. The molecule has 1 heterocycles. The molecular formula is C40H36N2. The van der Waals surface area contributed by atoms with Gasteiger partial charge in [-0.3, -0.25) is 5.32 Å². The van der Waals surface area contributed by atoms with E-state index in [9.17, 15) is 0 Å². The molecule has 0 amide bonds. The van der Waals surface area contributed by atoms with Gasteiger partial charge in [0.15, 0.2) is 0 Å². The number of aryl methyl sites for hydroxylation is 1. The van der Waals surface area contributed by atoms with Crippen LogP contribution >= 0.6 is 0 Å². The molecule has 0 saturated carbocycles. The zero-order chi connectivity index (χ0) is 28.0. The zero-order valence-electron chi connectivity index (χ0n) is 24.1. The predicted octanol–water partition coefficient (Wildman–Crippen LogP) is 9.58. The van der Waals surface area contributed by atoms with Crippen LogP contribution < -0.4 is 10.2 Å². The highest BCUT2D eigenvalue weighted by molar-refractivity contribution is 6.19. The second-order valence-corrected chi connectivity index (χ2v) is 12.0. The van der Waals surface area contributed by atoms with E-state index in [1.54, 1.807) is 0 Å². The number of benzene rings is 4. The van der Waals surface area contributed by atoms with Crippen molar-refractivity contribution in [3.05, 3.63) is 144 Å². The standard InChI is InChI=1S/C40H36N2/c1-27-20-25-34-35(26-27)39(33-17-9-8-16-32(33)38(34)28-12-4-2-5-13-28)29-21-23-31(24-22-29)42-37-19-11-10-18-36(37)41-40(42)30-14-6-3-7-15-30/h2,4,6,8-12,14-26,36-37,40-41H,3,5,7,13H2,1H3. The highest BCUT2D eigenvalue weighted by Gasteiger charge is 2.40. The molecule has 2 heteroatoms. The van der Waals surface area contributed by atoms with Crippen LogP contribution in [0.2, 0.25) is 0 Å². The summed E-state index contributed by atoms with van der Waals surface area (Å²) in [4.78, 5) is 2.57. The molecule has 0 bridgehead atoms. The third-order valence-corrected chi connectivity index (χ3v) is 9.36. The molecule has 206 valence electrons. The van der Waals surface area contributed by atoms with E-state index in [2.05, 4.69) is 145 Å². The quantitative estimate of drug-likeness (QED) is 0.257. The van der Waals surface area contributed by atoms with E-state index < -0.39 is 0 Å². The van der Waals surface area contributed by atoms with Crippen molar-refractivity contribution in [2.75, 3.05) is 4.90 Å². The van der Waals surface area contributed by atoms with Crippen molar-refractivity contribution in [1.29, 1.82) is 0 Å². The lowest BCUT2D eigenvalue weighted by molar-refractivity contribution is 0.645. The van der Waals surface area contributed by atoms with E-state index in [1.807, 2.05) is 0 Å². The summed E-state index contributed by atoms with van der Waals surface area (Å²) >= 11 is 0. The molecule has 3 aliphatic carbocycles. The van der Waals surface area contributed by atoms with Gasteiger partial charge in [-0.25, -0.2) is 0 Å². The van der Waals surface area contributed by atoms with Crippen molar-refractivity contribution >= 4 is 32.8 Å². The van der Waals surface area contributed by atoms with Gasteiger partial charge in [-0.1, -0.05) is 121 Å². The van der Waals surface area contributed by atoms with E-state index in [0.717, 1.165) is 25.7 Å². The summed E-state index contributed by atoms with van der Waals surface area (Å²) in [6.45, 7) is 2.21. The smallest absolute Gasteiger partial charge is 0.107 e. The third kappa shape index (κ3) is 4.21. The molecule has 1 fully saturated rings. The Morgan fingerprint density at radius 3 is 2.33 bits per heavy atom. The first-order valence-electron chi connectivity index (χ1n) is 15.4. The van der Waals surface area contributed by atoms with Crippen molar-refractivity contribution < 1.29 is 0 Å². The van der Waals surface area contributed by atoms with Crippen molar-refractivity contribution in [3.8, 4) is 11.1 Å². The number of allylic oxidation sites excluding steroid dienone is 8. The molecule has 42 heavy (non-hydrogen) atoms. The summed E-state index contributed by atoms with van der Waals surface area (Å²) in [6.07, 6.45) is 27.4. The molecule has 0 radical (unpaired) electrons. The number of nitrogens with one attached hydrogen (secondary N) is 1. The fraction of sp³-hybridized carbons (Fsp3) is 0.200. The van der Waals surface area contributed by atoms with Gasteiger partial charge in [-0.05, 0) is 94.1 Å². The highest BCUT2D eigenvalue weighted by Crippen LogP contribution is 2.44. The molecule has 3 unspecified atom stereocenters. The second kappa shape index (κ2) is 10.5. The number of anilines is 1. The molecule has 0 spiro atoms. The lowest BCUT2D eigenvalue weighted by Gasteiger charge is -2.32. The SMILES string of the molecule is Cc1ccc2c(C3=CC=CCC3)c3ccccc3c(-c3ccc(N4C(C5=CCCC=C5)NC5C=CC=CC54)cc3)c2c1. The minimum atomic E-state index is 0.163. The van der Waals surface area contributed by atoms with Crippen LogP contribution in [0.5, 0.6) is 0 Å². The van der Waals surface area contributed by atoms with Crippen LogP contribution in [0.3, 0.4) is 0 Å². The number of nitrogens with zero attached hydrogens (tertiary/aromatic N) is 1. The summed E-state index contributed by atoms with van der Waals surface area (Å²) in [6, 6.07) is 26.0. The Kier molecular flexibility index (Phi) is 6.30. The van der Waals surface area contributed by atoms with Crippen molar-refractivity contribution in [2.45, 2.75) is 50.9 Å². The van der Waals surface area contributed by atoms with Gasteiger partial charge in [0.2, 0.25) is 0 Å². The lowest BCUT2D eigenvalue weighted by Crippen LogP contribution is -2.40. The summed E-state index contributed by atoms with van der Waals surface area (Å²) in [5.41, 5.74) is 9.35. The Morgan fingerprint density at radius 1 is 0.738 bits per heavy atom. The van der Waals surface area contributed by atoms with Crippen molar-refractivity contribution in [3.63, 3.8) is 0 Å². The summed E-state index contributed by atoms with van der Waals surface area (Å²) in [5, 5.41) is 9.27. The largest absolute Gasteiger partial charge is 0.344 e. The molecule has 4 aliphatic rings. The maximum absolute atomic E-state index is 3.91. The molecule has 1 saturated heterocycles. The molecular weight excluding hydrogens is 508 g/mol. The third-order valence-electron chi connectivity index (χ3n) is 9.36. The highest BCUT2D eigenvalue weighted by atomic mass is 15.4. The first-order chi connectivity index (χ1) is 20.8. The van der Waals surface area contributed by atoms with Gasteiger partial charge in [0.1, 0.15) is 6.17 Å². The topological polar surface area (TPSA) is 15.3 Å². The Morgan fingerprint density at radius 2 is 1.55 bits per heavy atom. The Balaban J connectivity index is 1.28. The molecule has 4 aromatic rings. The van der Waals surface area contributed by atoms with Crippen LogP contribution in [0.15, 0.2) is 133 Å². The maximum Gasteiger partial charge on any atom is 0.107 e. The first-order valence-corrected chi connectivity index (χ1v) is 15.4. The molecule has 0 aromatic heterocycles. The van der Waals surface area contributed by atoms with Crippen LogP contribution in [0.25, 0.3) is 38.2 Å². The van der Waals surface area contributed by atoms with Gasteiger partial charge in [0.05, 0.1) is 12.1 Å². The fourth-order valence-electron chi connectivity index (χ4n) is 7.42. The molecule has 1 N–H and O–H groups in total. The summed E-state index contributed by atoms with van der Waals surface area (Å²) in [5.74, 6) is 0. The molecule has 3 atom stereocenters. The van der Waals surface area contributed by atoms with Gasteiger partial charge in [-0.2, -0.15) is 0 Å². The van der Waals surface area contributed by atoms with E-state index in [-0.39, 0.29) is 6.17 Å². The fourth-order valence-corrected chi connectivity index (χ4v) is 7.42. The molecule has 1 aliphatic heterocycles. The minimum Gasteiger partial charge on any atom is -0.344 e. The van der Waals surface area contributed by atoms with Crippen LogP contribution in [0, 0.1) is 6.92 Å². The van der Waals surface area contributed by atoms with E-state index >= 15 is 0 Å². The molecule has 8 rings (SSSR count). The van der Waals surface area contributed by atoms with Crippen molar-refractivity contribution in [1.82, 2.24) is 5.32 Å². The number of fused-ring (bicyclic) bond motifs is 3. The van der Waals surface area contributed by atoms with Gasteiger partial charge >= 0.3 is 0 Å². The molecule has 2 nitrogen and oxygen atoms in total. The van der Waals surface area contributed by atoms with Crippen LogP contribution in [0.1, 0.15) is 36.8 Å². The van der Waals surface area contributed by atoms with Crippen LogP contribution in [-0.2, 0) is 0 Å². The normalized spacial score (nSPS) is 23.0. The summed E-state index contributed by atoms with van der Waals surface area (Å²) in [7, 11) is 0. The van der Waals surface area contributed by atoms with E-state index in [1.165, 1.54) is 60.6 Å². The average Bonchev–Trinajstić information content (AvgIpc) is 3.44. The van der Waals surface area contributed by atoms with E-state index in [4.69, 9.17) is 0 Å². The van der Waals surface area contributed by atoms with Crippen molar-refractivity contribution in [2.24, 2.45) is 0 Å². The van der Waals surface area contributed by atoms with Gasteiger partial charge in [0, 0.05) is 5.69 Å². The Bertz CT molecular complexity index is 1880. The van der Waals surface area contributed by atoms with Gasteiger partial charge in [0.25, 0.3) is 0 Å². The van der Waals surface area contributed by atoms with Gasteiger partial charge < -0.3 is 4.90 Å². The lowest BCUT2D eigenvalue weighted by atomic mass is 9.83. The van der Waals surface area contributed by atoms with E-state index in [0.29, 0.717) is 12.1 Å².